The van der Waals surface area contributed by atoms with Gasteiger partial charge in [-0.2, -0.15) is 0 Å². The van der Waals surface area contributed by atoms with Crippen LogP contribution >= 0.6 is 0 Å². The van der Waals surface area contributed by atoms with Gasteiger partial charge in [0.1, 0.15) is 11.5 Å². The van der Waals surface area contributed by atoms with Gasteiger partial charge in [-0.3, -0.25) is 9.69 Å². The molecule has 0 aromatic heterocycles. The van der Waals surface area contributed by atoms with Crippen molar-refractivity contribution in [3.63, 3.8) is 0 Å². The molecule has 1 saturated heterocycles. The lowest BCUT2D eigenvalue weighted by molar-refractivity contribution is 0.0900. The molecule has 0 N–H and O–H groups in total. The van der Waals surface area contributed by atoms with Gasteiger partial charge in [-0.15, -0.1) is 0 Å². The summed E-state index contributed by atoms with van der Waals surface area (Å²) in [4.78, 5) is 14.6. The van der Waals surface area contributed by atoms with Crippen LogP contribution in [-0.2, 0) is 0 Å². The van der Waals surface area contributed by atoms with Gasteiger partial charge in [0.25, 0.3) is 0 Å². The summed E-state index contributed by atoms with van der Waals surface area (Å²) >= 11 is 0. The molecule has 0 radical (unpaired) electrons. The predicted molar refractivity (Wildman–Crippen MR) is 92.1 cm³/mol. The van der Waals surface area contributed by atoms with Gasteiger partial charge in [0.05, 0.1) is 6.54 Å². The van der Waals surface area contributed by atoms with Crippen LogP contribution < -0.4 is 4.74 Å². The fourth-order valence-electron chi connectivity index (χ4n) is 2.85. The molecule has 3 nitrogen and oxygen atoms in total. The molecule has 0 bridgehead atoms. The van der Waals surface area contributed by atoms with Crippen molar-refractivity contribution in [1.82, 2.24) is 4.90 Å². The smallest absolute Gasteiger partial charge is 0.176 e. The Morgan fingerprint density at radius 1 is 1.00 bits per heavy atom. The Balaban J connectivity index is 1.57. The van der Waals surface area contributed by atoms with Crippen molar-refractivity contribution in [3.8, 4) is 11.5 Å². The minimum atomic E-state index is 0.186. The number of ketones is 1. The van der Waals surface area contributed by atoms with E-state index in [0.717, 1.165) is 36.1 Å². The zero-order valence-electron chi connectivity index (χ0n) is 13.6. The Morgan fingerprint density at radius 2 is 1.61 bits per heavy atom. The second kappa shape index (κ2) is 7.42. The van der Waals surface area contributed by atoms with Crippen molar-refractivity contribution in [2.75, 3.05) is 19.6 Å². The van der Waals surface area contributed by atoms with Gasteiger partial charge >= 0.3 is 0 Å². The lowest BCUT2D eigenvalue weighted by Gasteiger charge is -2.29. The average molecular weight is 309 g/mol. The summed E-state index contributed by atoms with van der Waals surface area (Å²) in [5.41, 5.74) is 0.754. The normalized spacial score (nSPS) is 16.2. The Morgan fingerprint density at radius 3 is 2.26 bits per heavy atom. The van der Waals surface area contributed by atoms with Gasteiger partial charge in [0, 0.05) is 5.56 Å². The first-order valence-corrected chi connectivity index (χ1v) is 8.29. The number of nitrogens with zero attached hydrogens (tertiary/aromatic N) is 1. The van der Waals surface area contributed by atoms with Crippen LogP contribution in [0, 0.1) is 5.92 Å². The van der Waals surface area contributed by atoms with Crippen LogP contribution in [0.15, 0.2) is 54.6 Å². The second-order valence-electron chi connectivity index (χ2n) is 6.32. The summed E-state index contributed by atoms with van der Waals surface area (Å²) in [5.74, 6) is 2.52. The third kappa shape index (κ3) is 4.42. The Kier molecular flexibility index (Phi) is 5.09. The summed E-state index contributed by atoms with van der Waals surface area (Å²) in [6.07, 6.45) is 2.38. The molecule has 0 amide bonds. The van der Waals surface area contributed by atoms with E-state index < -0.39 is 0 Å². The zero-order chi connectivity index (χ0) is 16.1. The van der Waals surface area contributed by atoms with Gasteiger partial charge in [-0.1, -0.05) is 25.1 Å². The fraction of sp³-hybridized carbons (Fsp3) is 0.350. The van der Waals surface area contributed by atoms with E-state index in [9.17, 15) is 4.79 Å². The highest BCUT2D eigenvalue weighted by atomic mass is 16.5. The molecule has 0 saturated carbocycles. The molecule has 0 atom stereocenters. The molecule has 120 valence electrons. The topological polar surface area (TPSA) is 29.5 Å². The highest BCUT2D eigenvalue weighted by Gasteiger charge is 2.18. The maximum Gasteiger partial charge on any atom is 0.176 e. The molecular weight excluding hydrogens is 286 g/mol. The number of hydrogen-bond acceptors (Lipinski definition) is 3. The summed E-state index contributed by atoms with van der Waals surface area (Å²) in [7, 11) is 0. The van der Waals surface area contributed by atoms with Crippen molar-refractivity contribution in [2.24, 2.45) is 5.92 Å². The molecule has 3 heteroatoms. The molecule has 0 spiro atoms. The number of carbonyl (C=O) groups excluding carboxylic acids is 1. The Labute approximate surface area is 137 Å². The van der Waals surface area contributed by atoms with Crippen molar-refractivity contribution in [3.05, 3.63) is 60.2 Å². The van der Waals surface area contributed by atoms with Gasteiger partial charge in [0.2, 0.25) is 0 Å². The largest absolute Gasteiger partial charge is 0.457 e. The zero-order valence-corrected chi connectivity index (χ0v) is 13.6. The lowest BCUT2D eigenvalue weighted by Crippen LogP contribution is -2.36. The molecular formula is C20H23NO2. The Bertz CT molecular complexity index is 628. The van der Waals surface area contributed by atoms with E-state index in [4.69, 9.17) is 4.74 Å². The van der Waals surface area contributed by atoms with Gasteiger partial charge in [-0.25, -0.2) is 0 Å². The fourth-order valence-corrected chi connectivity index (χ4v) is 2.85. The van der Waals surface area contributed by atoms with Crippen LogP contribution in [-0.4, -0.2) is 30.3 Å². The lowest BCUT2D eigenvalue weighted by atomic mass is 9.99. The first-order valence-electron chi connectivity index (χ1n) is 8.29. The molecule has 2 aromatic carbocycles. The van der Waals surface area contributed by atoms with Crippen LogP contribution in [0.5, 0.6) is 11.5 Å². The molecule has 1 aliphatic heterocycles. The van der Waals surface area contributed by atoms with Crippen molar-refractivity contribution < 1.29 is 9.53 Å². The van der Waals surface area contributed by atoms with Crippen LogP contribution in [0.25, 0.3) is 0 Å². The quantitative estimate of drug-likeness (QED) is 0.767. The standard InChI is InChI=1S/C20H23NO2/c1-16-11-13-21(14-12-16)15-20(22)17-7-9-19(10-8-17)23-18-5-3-2-4-6-18/h2-10,16H,11-15H2,1H3. The maximum atomic E-state index is 12.4. The number of benzene rings is 2. The maximum absolute atomic E-state index is 12.4. The van der Waals surface area contributed by atoms with Gasteiger partial charge in [0.15, 0.2) is 5.78 Å². The van der Waals surface area contributed by atoms with Crippen LogP contribution in [0.1, 0.15) is 30.1 Å². The SMILES string of the molecule is CC1CCN(CC(=O)c2ccc(Oc3ccccc3)cc2)CC1. The number of carbonyl (C=O) groups is 1. The predicted octanol–water partition coefficient (Wildman–Crippen LogP) is 4.39. The average Bonchev–Trinajstić information content (AvgIpc) is 2.58. The van der Waals surface area contributed by atoms with E-state index in [-0.39, 0.29) is 5.78 Å². The highest BCUT2D eigenvalue weighted by Crippen LogP contribution is 2.22. The summed E-state index contributed by atoms with van der Waals surface area (Å²) in [6.45, 7) is 4.86. The molecule has 0 unspecified atom stereocenters. The van der Waals surface area contributed by atoms with E-state index in [1.54, 1.807) is 0 Å². The van der Waals surface area contributed by atoms with E-state index in [2.05, 4.69) is 11.8 Å². The first-order chi connectivity index (χ1) is 11.2. The third-order valence-electron chi connectivity index (χ3n) is 4.40. The third-order valence-corrected chi connectivity index (χ3v) is 4.40. The van der Waals surface area contributed by atoms with Crippen LogP contribution in [0.3, 0.4) is 0 Å². The molecule has 3 rings (SSSR count). The summed E-state index contributed by atoms with van der Waals surface area (Å²) in [6, 6.07) is 17.1. The van der Waals surface area contributed by atoms with Crippen LogP contribution in [0.4, 0.5) is 0 Å². The van der Waals surface area contributed by atoms with E-state index >= 15 is 0 Å². The number of ether oxygens (including phenoxy) is 1. The molecule has 1 fully saturated rings. The summed E-state index contributed by atoms with van der Waals surface area (Å²) in [5, 5.41) is 0. The number of likely N-dealkylation sites (tertiary alicyclic amines) is 1. The Hall–Kier alpha value is -2.13. The molecule has 1 aliphatic rings. The van der Waals surface area contributed by atoms with E-state index in [1.807, 2.05) is 54.6 Å². The van der Waals surface area contributed by atoms with E-state index in [1.165, 1.54) is 12.8 Å². The monoisotopic (exact) mass is 309 g/mol. The van der Waals surface area contributed by atoms with Crippen molar-refractivity contribution >= 4 is 5.78 Å². The molecule has 0 aliphatic carbocycles. The van der Waals surface area contributed by atoms with Crippen LogP contribution in [0.2, 0.25) is 0 Å². The number of Topliss-reactive ketones (excluding diaryl/α,β-unsaturated/α-hetero) is 1. The first kappa shape index (κ1) is 15.8. The minimum absolute atomic E-state index is 0.186. The number of hydrogen-bond donors (Lipinski definition) is 0. The number of piperidine rings is 1. The summed E-state index contributed by atoms with van der Waals surface area (Å²) < 4.78 is 5.75. The second-order valence-corrected chi connectivity index (χ2v) is 6.32. The van der Waals surface area contributed by atoms with Crippen molar-refractivity contribution in [1.29, 1.82) is 0 Å². The molecule has 23 heavy (non-hydrogen) atoms. The number of rotatable bonds is 5. The highest BCUT2D eigenvalue weighted by molar-refractivity contribution is 5.97. The van der Waals surface area contributed by atoms with Crippen molar-refractivity contribution in [2.45, 2.75) is 19.8 Å². The van der Waals surface area contributed by atoms with Gasteiger partial charge in [-0.05, 0) is 68.2 Å². The minimum Gasteiger partial charge on any atom is -0.457 e. The van der Waals surface area contributed by atoms with Gasteiger partial charge < -0.3 is 4.74 Å². The van der Waals surface area contributed by atoms with E-state index in [0.29, 0.717) is 6.54 Å². The molecule has 2 aromatic rings. The molecule has 1 heterocycles. The number of para-hydroxylation sites is 1.